The maximum absolute atomic E-state index is 12.1. The van der Waals surface area contributed by atoms with Gasteiger partial charge >= 0.3 is 0 Å². The number of benzene rings is 1. The first kappa shape index (κ1) is 16.3. The lowest BCUT2D eigenvalue weighted by atomic mass is 10.1. The van der Waals surface area contributed by atoms with Crippen LogP contribution in [0.2, 0.25) is 0 Å². The molecule has 1 aromatic carbocycles. The van der Waals surface area contributed by atoms with Crippen molar-refractivity contribution in [2.24, 2.45) is 0 Å². The molecule has 6 heteroatoms. The van der Waals surface area contributed by atoms with Crippen LogP contribution in [-0.4, -0.2) is 21.8 Å². The highest BCUT2D eigenvalue weighted by Crippen LogP contribution is 2.23. The summed E-state index contributed by atoms with van der Waals surface area (Å²) in [4.78, 5) is 19.5. The first-order valence-corrected chi connectivity index (χ1v) is 9.63. The predicted molar refractivity (Wildman–Crippen MR) is 101 cm³/mol. The molecule has 1 aliphatic rings. The fourth-order valence-corrected chi connectivity index (χ4v) is 4.05. The molecule has 2 aromatic heterocycles. The molecule has 1 fully saturated rings. The van der Waals surface area contributed by atoms with Gasteiger partial charge in [-0.15, -0.1) is 11.3 Å². The zero-order valence-corrected chi connectivity index (χ0v) is 15.1. The molecule has 3 aromatic rings. The predicted octanol–water partition coefficient (Wildman–Crippen LogP) is 3.76. The Bertz CT molecular complexity index is 884. The molecule has 0 radical (unpaired) electrons. The number of anilines is 1. The molecule has 0 bridgehead atoms. The van der Waals surface area contributed by atoms with Crippen molar-refractivity contribution in [2.75, 3.05) is 11.4 Å². The first-order chi connectivity index (χ1) is 12.2. The third-order valence-electron chi connectivity index (χ3n) is 4.78. The number of carbonyl (C=O) groups excluding carboxylic acids is 1. The molecule has 0 aliphatic carbocycles. The highest BCUT2D eigenvalue weighted by Gasteiger charge is 2.19. The molecule has 1 atom stereocenters. The van der Waals surface area contributed by atoms with Gasteiger partial charge in [0, 0.05) is 42.8 Å². The van der Waals surface area contributed by atoms with E-state index in [1.54, 1.807) is 11.3 Å². The molecule has 1 saturated heterocycles. The zero-order chi connectivity index (χ0) is 17.2. The van der Waals surface area contributed by atoms with Gasteiger partial charge in [0.05, 0.1) is 11.9 Å². The van der Waals surface area contributed by atoms with E-state index >= 15 is 0 Å². The van der Waals surface area contributed by atoms with Crippen molar-refractivity contribution in [3.8, 4) is 0 Å². The molecule has 0 saturated carbocycles. The smallest absolute Gasteiger partial charge is 0.226 e. The van der Waals surface area contributed by atoms with Crippen LogP contribution in [0.3, 0.4) is 0 Å². The third-order valence-corrected chi connectivity index (χ3v) is 5.55. The normalized spacial score (nSPS) is 16.5. The van der Waals surface area contributed by atoms with Crippen LogP contribution in [-0.2, 0) is 11.3 Å². The molecule has 130 valence electrons. The van der Waals surface area contributed by atoms with E-state index in [0.29, 0.717) is 6.42 Å². The second kappa shape index (κ2) is 6.98. The van der Waals surface area contributed by atoms with Crippen molar-refractivity contribution in [1.29, 1.82) is 0 Å². The number of nitrogens with one attached hydrogen (secondary N) is 1. The van der Waals surface area contributed by atoms with Crippen LogP contribution < -0.4 is 10.2 Å². The minimum absolute atomic E-state index is 0.199. The average molecular weight is 354 g/mol. The van der Waals surface area contributed by atoms with E-state index in [1.807, 2.05) is 23.2 Å². The van der Waals surface area contributed by atoms with Crippen LogP contribution in [0.4, 0.5) is 5.69 Å². The van der Waals surface area contributed by atoms with Crippen molar-refractivity contribution in [2.45, 2.75) is 38.8 Å². The summed E-state index contributed by atoms with van der Waals surface area (Å²) < 4.78 is 2.13. The van der Waals surface area contributed by atoms with Gasteiger partial charge in [-0.25, -0.2) is 4.98 Å². The number of hydrogen-bond donors (Lipinski definition) is 1. The van der Waals surface area contributed by atoms with Gasteiger partial charge in [0.15, 0.2) is 4.96 Å². The number of amides is 1. The molecule has 1 unspecified atom stereocenters. The Hall–Kier alpha value is -2.18. The molecule has 5 nitrogen and oxygen atoms in total. The highest BCUT2D eigenvalue weighted by atomic mass is 32.1. The summed E-state index contributed by atoms with van der Waals surface area (Å²) in [7, 11) is 0. The van der Waals surface area contributed by atoms with Gasteiger partial charge in [-0.2, -0.15) is 0 Å². The van der Waals surface area contributed by atoms with E-state index in [4.69, 9.17) is 0 Å². The zero-order valence-electron chi connectivity index (χ0n) is 14.3. The maximum Gasteiger partial charge on any atom is 0.226 e. The monoisotopic (exact) mass is 354 g/mol. The van der Waals surface area contributed by atoms with E-state index < -0.39 is 0 Å². The van der Waals surface area contributed by atoms with E-state index in [2.05, 4.69) is 45.3 Å². The molecule has 1 aliphatic heterocycles. The topological polar surface area (TPSA) is 49.6 Å². The lowest BCUT2D eigenvalue weighted by Gasteiger charge is -2.27. The van der Waals surface area contributed by atoms with Crippen LogP contribution >= 0.6 is 11.3 Å². The molecular weight excluding hydrogens is 332 g/mol. The summed E-state index contributed by atoms with van der Waals surface area (Å²) in [6.45, 7) is 3.74. The van der Waals surface area contributed by atoms with Crippen LogP contribution in [0.1, 0.15) is 43.5 Å². The van der Waals surface area contributed by atoms with E-state index in [1.165, 1.54) is 11.3 Å². The minimum Gasteiger partial charge on any atom is -0.312 e. The van der Waals surface area contributed by atoms with Gasteiger partial charge in [0.25, 0.3) is 0 Å². The maximum atomic E-state index is 12.1. The molecule has 4 rings (SSSR count). The Morgan fingerprint density at radius 3 is 3.16 bits per heavy atom. The quantitative estimate of drug-likeness (QED) is 0.759. The summed E-state index contributed by atoms with van der Waals surface area (Å²) in [6, 6.07) is 8.50. The van der Waals surface area contributed by atoms with E-state index in [9.17, 15) is 4.79 Å². The Labute approximate surface area is 151 Å². The summed E-state index contributed by atoms with van der Waals surface area (Å²) in [5.41, 5.74) is 3.37. The molecular formula is C19H22N4OS. The number of carbonyl (C=O) groups is 1. The second-order valence-corrected chi connectivity index (χ2v) is 7.39. The highest BCUT2D eigenvalue weighted by molar-refractivity contribution is 7.15. The van der Waals surface area contributed by atoms with Gasteiger partial charge in [0.2, 0.25) is 5.91 Å². The van der Waals surface area contributed by atoms with Crippen molar-refractivity contribution in [1.82, 2.24) is 14.7 Å². The standard InChI is InChI=1S/C19H22N4OS/c1-14(17-13-21-19-23(17)9-10-25-19)20-12-15-5-4-6-16(11-15)22-8-3-2-7-18(22)24/h4-6,9-11,13-14,20H,2-3,7-8,12H2,1H3. The van der Waals surface area contributed by atoms with Crippen LogP contribution in [0, 0.1) is 0 Å². The van der Waals surface area contributed by atoms with E-state index in [0.717, 1.165) is 36.6 Å². The number of nitrogens with zero attached hydrogens (tertiary/aromatic N) is 3. The Morgan fingerprint density at radius 1 is 1.36 bits per heavy atom. The Kier molecular flexibility index (Phi) is 4.55. The average Bonchev–Trinajstić information content (AvgIpc) is 3.24. The van der Waals surface area contributed by atoms with Crippen molar-refractivity contribution in [3.63, 3.8) is 0 Å². The molecule has 3 heterocycles. The number of piperidine rings is 1. The number of fused-ring (bicyclic) bond motifs is 1. The molecule has 25 heavy (non-hydrogen) atoms. The number of rotatable bonds is 5. The summed E-state index contributed by atoms with van der Waals surface area (Å²) >= 11 is 1.64. The van der Waals surface area contributed by atoms with Gasteiger partial charge in [-0.05, 0) is 37.5 Å². The van der Waals surface area contributed by atoms with Crippen LogP contribution in [0.5, 0.6) is 0 Å². The van der Waals surface area contributed by atoms with E-state index in [-0.39, 0.29) is 11.9 Å². The number of imidazole rings is 1. The summed E-state index contributed by atoms with van der Waals surface area (Å²) in [5, 5.41) is 5.62. The molecule has 1 N–H and O–H groups in total. The SMILES string of the molecule is CC(NCc1cccc(N2CCCCC2=O)c1)c1cnc2sccn12. The van der Waals surface area contributed by atoms with Crippen molar-refractivity contribution in [3.05, 3.63) is 53.3 Å². The first-order valence-electron chi connectivity index (χ1n) is 8.75. The van der Waals surface area contributed by atoms with Gasteiger partial charge < -0.3 is 10.2 Å². The van der Waals surface area contributed by atoms with Crippen LogP contribution in [0.15, 0.2) is 42.0 Å². The lowest BCUT2D eigenvalue weighted by molar-refractivity contribution is -0.119. The fourth-order valence-electron chi connectivity index (χ4n) is 3.35. The van der Waals surface area contributed by atoms with Gasteiger partial charge in [0.1, 0.15) is 0 Å². The van der Waals surface area contributed by atoms with Crippen LogP contribution in [0.25, 0.3) is 4.96 Å². The Balaban J connectivity index is 1.45. The number of hydrogen-bond acceptors (Lipinski definition) is 4. The summed E-state index contributed by atoms with van der Waals surface area (Å²) in [5.74, 6) is 0.240. The van der Waals surface area contributed by atoms with Gasteiger partial charge in [-0.3, -0.25) is 9.20 Å². The second-order valence-electron chi connectivity index (χ2n) is 6.51. The third kappa shape index (κ3) is 3.32. The summed E-state index contributed by atoms with van der Waals surface area (Å²) in [6.07, 6.45) is 6.76. The molecule has 1 amide bonds. The number of aromatic nitrogens is 2. The van der Waals surface area contributed by atoms with Gasteiger partial charge in [-0.1, -0.05) is 12.1 Å². The fraction of sp³-hybridized carbons (Fsp3) is 0.368. The van der Waals surface area contributed by atoms with Crippen molar-refractivity contribution >= 4 is 27.9 Å². The largest absolute Gasteiger partial charge is 0.312 e. The minimum atomic E-state index is 0.199. The van der Waals surface area contributed by atoms with Crippen molar-refractivity contribution < 1.29 is 4.79 Å². The number of thiazole rings is 1. The molecule has 0 spiro atoms. The lowest BCUT2D eigenvalue weighted by Crippen LogP contribution is -2.35. The Morgan fingerprint density at radius 2 is 2.28 bits per heavy atom.